The van der Waals surface area contributed by atoms with E-state index in [2.05, 4.69) is 40.8 Å². The molecule has 0 spiro atoms. The number of amides is 1. The molecule has 0 aliphatic carbocycles. The van der Waals surface area contributed by atoms with Crippen molar-refractivity contribution in [1.82, 2.24) is 9.97 Å². The maximum absolute atomic E-state index is 12.5. The zero-order valence-corrected chi connectivity index (χ0v) is 19.3. The van der Waals surface area contributed by atoms with Gasteiger partial charge in [-0.1, -0.05) is 45.0 Å². The van der Waals surface area contributed by atoms with E-state index in [-0.39, 0.29) is 22.2 Å². The molecule has 0 saturated carbocycles. The molecule has 2 N–H and O–H groups in total. The number of sulfonamides is 1. The number of carbonyl (C=O) groups excluding carboxylic acids is 1. The average molecular weight is 451 g/mol. The summed E-state index contributed by atoms with van der Waals surface area (Å²) in [6.07, 6.45) is 4.64. The second kappa shape index (κ2) is 9.32. The minimum absolute atomic E-state index is 0.00282. The second-order valence-electron chi connectivity index (χ2n) is 8.35. The third-order valence-electron chi connectivity index (χ3n) is 4.66. The van der Waals surface area contributed by atoms with Crippen LogP contribution in [0.25, 0.3) is 6.08 Å². The van der Waals surface area contributed by atoms with Crippen LogP contribution in [-0.2, 0) is 20.2 Å². The standard InChI is InChI=1S/C24H26N4O3S/c1-17-15-16-25-23(26-17)28-32(30,31)21-12-10-20(11-13-21)27-22(29)14-7-18-5-8-19(9-6-18)24(2,3)4/h5-16H,1-4H3,(H,27,29)(H,25,26,28). The molecular formula is C24H26N4O3S. The molecule has 1 aromatic heterocycles. The Morgan fingerprint density at radius 2 is 1.62 bits per heavy atom. The third kappa shape index (κ3) is 6.24. The number of rotatable bonds is 6. The molecule has 3 rings (SSSR count). The summed E-state index contributed by atoms with van der Waals surface area (Å²) in [6, 6.07) is 15.6. The first-order chi connectivity index (χ1) is 15.0. The summed E-state index contributed by atoms with van der Waals surface area (Å²) in [5, 5.41) is 2.72. The second-order valence-corrected chi connectivity index (χ2v) is 10.0. The van der Waals surface area contributed by atoms with E-state index >= 15 is 0 Å². The first kappa shape index (κ1) is 23.1. The molecule has 1 heterocycles. The minimum atomic E-state index is -3.84. The Hall–Kier alpha value is -3.52. The smallest absolute Gasteiger partial charge is 0.264 e. The highest BCUT2D eigenvalue weighted by molar-refractivity contribution is 7.92. The van der Waals surface area contributed by atoms with E-state index < -0.39 is 10.0 Å². The lowest BCUT2D eigenvalue weighted by molar-refractivity contribution is -0.111. The highest BCUT2D eigenvalue weighted by atomic mass is 32.2. The summed E-state index contributed by atoms with van der Waals surface area (Å²) in [6.45, 7) is 8.18. The van der Waals surface area contributed by atoms with Crippen molar-refractivity contribution in [3.8, 4) is 0 Å². The van der Waals surface area contributed by atoms with Crippen LogP contribution in [0.4, 0.5) is 11.6 Å². The minimum Gasteiger partial charge on any atom is -0.323 e. The van der Waals surface area contributed by atoms with Crippen LogP contribution in [0, 0.1) is 6.92 Å². The van der Waals surface area contributed by atoms with Crippen LogP contribution < -0.4 is 10.0 Å². The molecule has 0 unspecified atom stereocenters. The van der Waals surface area contributed by atoms with Gasteiger partial charge in [-0.3, -0.25) is 4.79 Å². The highest BCUT2D eigenvalue weighted by Gasteiger charge is 2.16. The number of hydrogen-bond acceptors (Lipinski definition) is 5. The number of hydrogen-bond donors (Lipinski definition) is 2. The fraction of sp³-hybridized carbons (Fsp3) is 0.208. The molecule has 7 nitrogen and oxygen atoms in total. The van der Waals surface area contributed by atoms with E-state index in [1.807, 2.05) is 24.3 Å². The molecule has 3 aromatic rings. The molecule has 0 fully saturated rings. The van der Waals surface area contributed by atoms with Crippen molar-refractivity contribution >= 4 is 33.6 Å². The number of anilines is 2. The van der Waals surface area contributed by atoms with Crippen molar-refractivity contribution in [2.45, 2.75) is 38.0 Å². The van der Waals surface area contributed by atoms with Crippen molar-refractivity contribution in [3.63, 3.8) is 0 Å². The van der Waals surface area contributed by atoms with Crippen LogP contribution in [0.5, 0.6) is 0 Å². The van der Waals surface area contributed by atoms with Crippen LogP contribution in [0.1, 0.15) is 37.6 Å². The third-order valence-corrected chi connectivity index (χ3v) is 6.00. The molecular weight excluding hydrogens is 424 g/mol. The fourth-order valence-electron chi connectivity index (χ4n) is 2.84. The predicted molar refractivity (Wildman–Crippen MR) is 127 cm³/mol. The van der Waals surface area contributed by atoms with Crippen molar-refractivity contribution < 1.29 is 13.2 Å². The maximum atomic E-state index is 12.5. The van der Waals surface area contributed by atoms with Gasteiger partial charge >= 0.3 is 0 Å². The summed E-state index contributed by atoms with van der Waals surface area (Å²) < 4.78 is 27.3. The first-order valence-electron chi connectivity index (χ1n) is 10.1. The lowest BCUT2D eigenvalue weighted by atomic mass is 9.87. The molecule has 0 aliphatic rings. The van der Waals surface area contributed by atoms with E-state index in [9.17, 15) is 13.2 Å². The van der Waals surface area contributed by atoms with Crippen molar-refractivity contribution in [1.29, 1.82) is 0 Å². The summed E-state index contributed by atoms with van der Waals surface area (Å²) in [7, 11) is -3.84. The molecule has 8 heteroatoms. The van der Waals surface area contributed by atoms with Gasteiger partial charge < -0.3 is 5.32 Å². The quantitative estimate of drug-likeness (QED) is 0.537. The van der Waals surface area contributed by atoms with Crippen LogP contribution in [0.3, 0.4) is 0 Å². The first-order valence-corrected chi connectivity index (χ1v) is 11.5. The van der Waals surface area contributed by atoms with Crippen molar-refractivity contribution in [2.24, 2.45) is 0 Å². The molecule has 166 valence electrons. The number of aromatic nitrogens is 2. The van der Waals surface area contributed by atoms with Gasteiger partial charge in [0, 0.05) is 23.7 Å². The van der Waals surface area contributed by atoms with Gasteiger partial charge in [-0.15, -0.1) is 0 Å². The van der Waals surface area contributed by atoms with Gasteiger partial charge in [-0.05, 0) is 59.9 Å². The monoisotopic (exact) mass is 450 g/mol. The number of nitrogens with zero attached hydrogens (tertiary/aromatic N) is 2. The van der Waals surface area contributed by atoms with Crippen molar-refractivity contribution in [2.75, 3.05) is 10.0 Å². The molecule has 0 radical (unpaired) electrons. The largest absolute Gasteiger partial charge is 0.323 e. The van der Waals surface area contributed by atoms with Gasteiger partial charge in [0.05, 0.1) is 4.90 Å². The number of benzene rings is 2. The number of carbonyl (C=O) groups is 1. The van der Waals surface area contributed by atoms with Gasteiger partial charge in [0.15, 0.2) is 0 Å². The van der Waals surface area contributed by atoms with Crippen molar-refractivity contribution in [3.05, 3.63) is 83.7 Å². The predicted octanol–water partition coefficient (Wildman–Crippen LogP) is 4.54. The highest BCUT2D eigenvalue weighted by Crippen LogP contribution is 2.22. The molecule has 0 saturated heterocycles. The summed E-state index contributed by atoms with van der Waals surface area (Å²) in [5.74, 6) is -0.310. The molecule has 32 heavy (non-hydrogen) atoms. The van der Waals surface area contributed by atoms with E-state index in [1.54, 1.807) is 19.1 Å². The number of aryl methyl sites for hydroxylation is 1. The van der Waals surface area contributed by atoms with Gasteiger partial charge in [0.2, 0.25) is 11.9 Å². The molecule has 0 aliphatic heterocycles. The Balaban J connectivity index is 1.62. The van der Waals surface area contributed by atoms with E-state index in [0.29, 0.717) is 11.4 Å². The topological polar surface area (TPSA) is 101 Å². The number of nitrogens with one attached hydrogen (secondary N) is 2. The zero-order valence-electron chi connectivity index (χ0n) is 18.5. The zero-order chi connectivity index (χ0) is 23.4. The van der Waals surface area contributed by atoms with Crippen LogP contribution in [0.15, 0.2) is 71.8 Å². The summed E-state index contributed by atoms with van der Waals surface area (Å²) in [5.41, 5.74) is 3.33. The van der Waals surface area contributed by atoms with Gasteiger partial charge in [0.1, 0.15) is 0 Å². The van der Waals surface area contributed by atoms with Gasteiger partial charge in [-0.2, -0.15) is 0 Å². The maximum Gasteiger partial charge on any atom is 0.264 e. The van der Waals surface area contributed by atoms with Crippen LogP contribution in [-0.4, -0.2) is 24.3 Å². The Morgan fingerprint density at radius 3 is 2.22 bits per heavy atom. The lowest BCUT2D eigenvalue weighted by Crippen LogP contribution is -2.15. The molecule has 2 aromatic carbocycles. The van der Waals surface area contributed by atoms with Crippen LogP contribution >= 0.6 is 0 Å². The molecule has 0 atom stereocenters. The Bertz CT molecular complexity index is 1230. The lowest BCUT2D eigenvalue weighted by Gasteiger charge is -2.18. The van der Waals surface area contributed by atoms with Gasteiger partial charge in [0.25, 0.3) is 10.0 Å². The Kier molecular flexibility index (Phi) is 6.74. The van der Waals surface area contributed by atoms with E-state index in [1.165, 1.54) is 42.1 Å². The molecule has 0 bridgehead atoms. The summed E-state index contributed by atoms with van der Waals surface area (Å²) >= 11 is 0. The Morgan fingerprint density at radius 1 is 0.969 bits per heavy atom. The van der Waals surface area contributed by atoms with Crippen LogP contribution in [0.2, 0.25) is 0 Å². The van der Waals surface area contributed by atoms with E-state index in [0.717, 1.165) is 5.56 Å². The normalized spacial score (nSPS) is 12.0. The van der Waals surface area contributed by atoms with Gasteiger partial charge in [-0.25, -0.2) is 23.1 Å². The molecule has 1 amide bonds. The fourth-order valence-corrected chi connectivity index (χ4v) is 3.80. The Labute approximate surface area is 188 Å². The van der Waals surface area contributed by atoms with E-state index in [4.69, 9.17) is 0 Å². The SMILES string of the molecule is Cc1ccnc(NS(=O)(=O)c2ccc(NC(=O)C=Cc3ccc(C(C)(C)C)cc3)cc2)n1. The average Bonchev–Trinajstić information content (AvgIpc) is 2.72. The summed E-state index contributed by atoms with van der Waals surface area (Å²) in [4.78, 5) is 20.2.